The van der Waals surface area contributed by atoms with Gasteiger partial charge in [0.15, 0.2) is 11.5 Å². The van der Waals surface area contributed by atoms with E-state index in [-0.39, 0.29) is 29.9 Å². The summed E-state index contributed by atoms with van der Waals surface area (Å²) in [6, 6.07) is 11.3. The fourth-order valence-electron chi connectivity index (χ4n) is 2.71. The second-order valence-electron chi connectivity index (χ2n) is 5.98. The average Bonchev–Trinajstić information content (AvgIpc) is 2.66. The van der Waals surface area contributed by atoms with Crippen LogP contribution in [0.2, 0.25) is 0 Å². The number of carbonyl (C=O) groups excluding carboxylic acids is 1. The van der Waals surface area contributed by atoms with Gasteiger partial charge in [0, 0.05) is 18.5 Å². The first-order valence-electron chi connectivity index (χ1n) is 8.42. The van der Waals surface area contributed by atoms with Gasteiger partial charge in [-0.1, -0.05) is 30.3 Å². The summed E-state index contributed by atoms with van der Waals surface area (Å²) < 4.78 is 24.4. The molecule has 6 nitrogen and oxygen atoms in total. The number of carboxylic acids is 1. The fourth-order valence-corrected chi connectivity index (χ4v) is 2.71. The van der Waals surface area contributed by atoms with Gasteiger partial charge in [-0.15, -0.1) is 0 Å². The lowest BCUT2D eigenvalue weighted by molar-refractivity contribution is -0.137. The number of hydrogen-bond donors (Lipinski definition) is 2. The summed E-state index contributed by atoms with van der Waals surface area (Å²) in [5.74, 6) is -1.94. The third-order valence-electron chi connectivity index (χ3n) is 4.08. The smallest absolute Gasteiger partial charge is 0.303 e. The summed E-state index contributed by atoms with van der Waals surface area (Å²) in [5.41, 5.74) is 0.752. The summed E-state index contributed by atoms with van der Waals surface area (Å²) >= 11 is 0. The fraction of sp³-hybridized carbons (Fsp3) is 0.300. The van der Waals surface area contributed by atoms with Crippen LogP contribution < -0.4 is 14.8 Å². The number of aliphatic carboxylic acids is 1. The van der Waals surface area contributed by atoms with Crippen LogP contribution in [0, 0.1) is 5.82 Å². The second kappa shape index (κ2) is 9.56. The van der Waals surface area contributed by atoms with E-state index in [1.807, 2.05) is 30.3 Å². The lowest BCUT2D eigenvalue weighted by atomic mass is 10.0. The van der Waals surface area contributed by atoms with Crippen LogP contribution in [-0.4, -0.2) is 37.2 Å². The SMILES string of the molecule is COc1cc(F)c(C(=O)NC(CCC(=O)O)Cc2ccccc2)cc1OC. The number of amides is 1. The van der Waals surface area contributed by atoms with Gasteiger partial charge >= 0.3 is 5.97 Å². The highest BCUT2D eigenvalue weighted by Crippen LogP contribution is 2.29. The van der Waals surface area contributed by atoms with Crippen LogP contribution in [0.1, 0.15) is 28.8 Å². The maximum absolute atomic E-state index is 14.3. The molecule has 0 fully saturated rings. The summed E-state index contributed by atoms with van der Waals surface area (Å²) in [7, 11) is 2.77. The van der Waals surface area contributed by atoms with Crippen molar-refractivity contribution in [2.75, 3.05) is 14.2 Å². The molecule has 2 rings (SSSR count). The van der Waals surface area contributed by atoms with Gasteiger partial charge in [0.1, 0.15) is 5.82 Å². The van der Waals surface area contributed by atoms with E-state index >= 15 is 0 Å². The van der Waals surface area contributed by atoms with Crippen molar-refractivity contribution in [1.29, 1.82) is 0 Å². The van der Waals surface area contributed by atoms with E-state index in [2.05, 4.69) is 5.32 Å². The van der Waals surface area contributed by atoms with E-state index in [0.717, 1.165) is 11.6 Å². The van der Waals surface area contributed by atoms with Crippen molar-refractivity contribution in [3.63, 3.8) is 0 Å². The number of ether oxygens (including phenoxy) is 2. The Morgan fingerprint density at radius 2 is 1.74 bits per heavy atom. The van der Waals surface area contributed by atoms with Crippen LogP contribution in [0.4, 0.5) is 4.39 Å². The summed E-state index contributed by atoms with van der Waals surface area (Å²) in [6.45, 7) is 0. The maximum atomic E-state index is 14.3. The monoisotopic (exact) mass is 375 g/mol. The van der Waals surface area contributed by atoms with Gasteiger partial charge in [0.2, 0.25) is 0 Å². The van der Waals surface area contributed by atoms with Gasteiger partial charge < -0.3 is 19.9 Å². The van der Waals surface area contributed by atoms with Crippen LogP contribution in [-0.2, 0) is 11.2 Å². The standard InChI is InChI=1S/C20H22FNO5/c1-26-17-11-15(16(21)12-18(17)27-2)20(25)22-14(8-9-19(23)24)10-13-6-4-3-5-7-13/h3-7,11-12,14H,8-10H2,1-2H3,(H,22,25)(H,23,24). The number of hydrogen-bond acceptors (Lipinski definition) is 4. The van der Waals surface area contributed by atoms with Crippen molar-refractivity contribution in [3.8, 4) is 11.5 Å². The number of carbonyl (C=O) groups is 2. The van der Waals surface area contributed by atoms with E-state index in [4.69, 9.17) is 14.6 Å². The first-order valence-corrected chi connectivity index (χ1v) is 8.42. The maximum Gasteiger partial charge on any atom is 0.303 e. The number of rotatable bonds is 9. The molecular formula is C20H22FNO5. The predicted octanol–water partition coefficient (Wildman–Crippen LogP) is 3.05. The minimum atomic E-state index is -0.959. The second-order valence-corrected chi connectivity index (χ2v) is 5.98. The minimum absolute atomic E-state index is 0.105. The Labute approximate surface area is 156 Å². The number of methoxy groups -OCH3 is 2. The average molecular weight is 375 g/mol. The molecule has 0 aliphatic rings. The third kappa shape index (κ3) is 5.70. The Morgan fingerprint density at radius 1 is 1.11 bits per heavy atom. The molecule has 2 N–H and O–H groups in total. The van der Waals surface area contributed by atoms with Crippen LogP contribution >= 0.6 is 0 Å². The molecule has 1 atom stereocenters. The predicted molar refractivity (Wildman–Crippen MR) is 97.8 cm³/mol. The van der Waals surface area contributed by atoms with Gasteiger partial charge in [-0.2, -0.15) is 0 Å². The zero-order valence-electron chi connectivity index (χ0n) is 15.2. The molecule has 0 aliphatic carbocycles. The molecule has 0 radical (unpaired) electrons. The molecule has 0 aliphatic heterocycles. The number of nitrogens with one attached hydrogen (secondary N) is 1. The lowest BCUT2D eigenvalue weighted by Gasteiger charge is -2.19. The Bertz CT molecular complexity index is 794. The van der Waals surface area contributed by atoms with E-state index in [1.54, 1.807) is 0 Å². The van der Waals surface area contributed by atoms with Crippen molar-refractivity contribution in [2.45, 2.75) is 25.3 Å². The molecule has 2 aromatic carbocycles. The Morgan fingerprint density at radius 3 is 2.33 bits per heavy atom. The van der Waals surface area contributed by atoms with E-state index < -0.39 is 23.7 Å². The van der Waals surface area contributed by atoms with E-state index in [9.17, 15) is 14.0 Å². The molecule has 0 spiro atoms. The minimum Gasteiger partial charge on any atom is -0.493 e. The largest absolute Gasteiger partial charge is 0.493 e. The highest BCUT2D eigenvalue weighted by atomic mass is 19.1. The molecule has 0 saturated carbocycles. The van der Waals surface area contributed by atoms with Gasteiger partial charge in [-0.3, -0.25) is 9.59 Å². The Kier molecular flexibility index (Phi) is 7.16. The summed E-state index contributed by atoms with van der Waals surface area (Å²) in [6.07, 6.45) is 0.561. The molecule has 0 aromatic heterocycles. The summed E-state index contributed by atoms with van der Waals surface area (Å²) in [5, 5.41) is 11.7. The number of carboxylic acid groups (broad SMARTS) is 1. The van der Waals surface area contributed by atoms with Crippen LogP contribution in [0.15, 0.2) is 42.5 Å². The van der Waals surface area contributed by atoms with Crippen molar-refractivity contribution in [1.82, 2.24) is 5.32 Å². The normalized spacial score (nSPS) is 11.5. The topological polar surface area (TPSA) is 84.9 Å². The van der Waals surface area contributed by atoms with Crippen molar-refractivity contribution in [2.24, 2.45) is 0 Å². The highest BCUT2D eigenvalue weighted by Gasteiger charge is 2.21. The van der Waals surface area contributed by atoms with E-state index in [1.165, 1.54) is 20.3 Å². The van der Waals surface area contributed by atoms with Gasteiger partial charge in [0.05, 0.1) is 19.8 Å². The van der Waals surface area contributed by atoms with Crippen molar-refractivity contribution in [3.05, 3.63) is 59.4 Å². The number of halogens is 1. The molecule has 2 aromatic rings. The lowest BCUT2D eigenvalue weighted by Crippen LogP contribution is -2.37. The van der Waals surface area contributed by atoms with Gasteiger partial charge in [-0.05, 0) is 24.5 Å². The highest BCUT2D eigenvalue weighted by molar-refractivity contribution is 5.95. The third-order valence-corrected chi connectivity index (χ3v) is 4.08. The molecule has 1 amide bonds. The first-order chi connectivity index (χ1) is 12.9. The molecule has 0 heterocycles. The van der Waals surface area contributed by atoms with E-state index in [0.29, 0.717) is 6.42 Å². The Balaban J connectivity index is 2.20. The Hall–Kier alpha value is -3.09. The van der Waals surface area contributed by atoms with Gasteiger partial charge in [0.25, 0.3) is 5.91 Å². The van der Waals surface area contributed by atoms with Crippen molar-refractivity contribution >= 4 is 11.9 Å². The van der Waals surface area contributed by atoms with Gasteiger partial charge in [-0.25, -0.2) is 4.39 Å². The van der Waals surface area contributed by atoms with Crippen LogP contribution in [0.3, 0.4) is 0 Å². The number of benzene rings is 2. The van der Waals surface area contributed by atoms with Crippen molar-refractivity contribution < 1.29 is 28.6 Å². The molecule has 144 valence electrons. The molecule has 27 heavy (non-hydrogen) atoms. The molecule has 1 unspecified atom stereocenters. The summed E-state index contributed by atoms with van der Waals surface area (Å²) in [4.78, 5) is 23.5. The zero-order chi connectivity index (χ0) is 19.8. The molecule has 0 saturated heterocycles. The quantitative estimate of drug-likeness (QED) is 0.704. The molecule has 7 heteroatoms. The molecular weight excluding hydrogens is 353 g/mol. The zero-order valence-corrected chi connectivity index (χ0v) is 15.2. The molecule has 0 bridgehead atoms. The van der Waals surface area contributed by atoms with Crippen LogP contribution in [0.5, 0.6) is 11.5 Å². The van der Waals surface area contributed by atoms with Crippen LogP contribution in [0.25, 0.3) is 0 Å². The first kappa shape index (κ1) is 20.2.